The SMILES string of the molecule is CCNC(=NCc1cccc(OC)c1)NCC(c1cccc(F)c1)N1CCOCC1.I. The lowest BCUT2D eigenvalue weighted by Crippen LogP contribution is -2.46. The zero-order valence-corrected chi connectivity index (χ0v) is 20.5. The van der Waals surface area contributed by atoms with E-state index in [4.69, 9.17) is 14.5 Å². The summed E-state index contributed by atoms with van der Waals surface area (Å²) in [6.07, 6.45) is 0. The molecule has 2 aromatic rings. The average molecular weight is 542 g/mol. The van der Waals surface area contributed by atoms with E-state index >= 15 is 0 Å². The number of hydrogen-bond acceptors (Lipinski definition) is 4. The van der Waals surface area contributed by atoms with Gasteiger partial charge in [-0.1, -0.05) is 24.3 Å². The van der Waals surface area contributed by atoms with Crippen LogP contribution in [0.3, 0.4) is 0 Å². The van der Waals surface area contributed by atoms with Crippen LogP contribution in [0.4, 0.5) is 4.39 Å². The normalized spacial score (nSPS) is 15.6. The van der Waals surface area contributed by atoms with Crippen molar-refractivity contribution in [2.45, 2.75) is 19.5 Å². The van der Waals surface area contributed by atoms with Crippen molar-refractivity contribution in [2.75, 3.05) is 46.5 Å². The van der Waals surface area contributed by atoms with Gasteiger partial charge in [0.2, 0.25) is 0 Å². The van der Waals surface area contributed by atoms with Crippen LogP contribution in [0.15, 0.2) is 53.5 Å². The van der Waals surface area contributed by atoms with E-state index in [9.17, 15) is 4.39 Å². The van der Waals surface area contributed by atoms with Gasteiger partial charge in [-0.3, -0.25) is 4.90 Å². The van der Waals surface area contributed by atoms with Crippen LogP contribution >= 0.6 is 24.0 Å². The number of aliphatic imine (C=N–C) groups is 1. The van der Waals surface area contributed by atoms with Gasteiger partial charge in [0, 0.05) is 26.2 Å². The van der Waals surface area contributed by atoms with E-state index in [-0.39, 0.29) is 35.8 Å². The quantitative estimate of drug-likeness (QED) is 0.304. The Kier molecular flexibility index (Phi) is 11.0. The third-order valence-electron chi connectivity index (χ3n) is 5.08. The smallest absolute Gasteiger partial charge is 0.191 e. The minimum atomic E-state index is -0.218. The Morgan fingerprint density at radius 3 is 2.65 bits per heavy atom. The first-order chi connectivity index (χ1) is 14.7. The van der Waals surface area contributed by atoms with Gasteiger partial charge in [0.1, 0.15) is 11.6 Å². The molecule has 2 N–H and O–H groups in total. The Bertz CT molecular complexity index is 831. The molecule has 1 saturated heterocycles. The van der Waals surface area contributed by atoms with Gasteiger partial charge < -0.3 is 20.1 Å². The van der Waals surface area contributed by atoms with Crippen molar-refractivity contribution in [3.63, 3.8) is 0 Å². The van der Waals surface area contributed by atoms with E-state index in [1.165, 1.54) is 6.07 Å². The van der Waals surface area contributed by atoms with E-state index in [1.807, 2.05) is 37.3 Å². The molecule has 0 aliphatic carbocycles. The highest BCUT2D eigenvalue weighted by molar-refractivity contribution is 14.0. The molecule has 2 aromatic carbocycles. The van der Waals surface area contributed by atoms with Crippen LogP contribution in [0.2, 0.25) is 0 Å². The predicted molar refractivity (Wildman–Crippen MR) is 133 cm³/mol. The monoisotopic (exact) mass is 542 g/mol. The highest BCUT2D eigenvalue weighted by Crippen LogP contribution is 2.22. The Hall–Kier alpha value is -1.91. The maximum absolute atomic E-state index is 13.9. The van der Waals surface area contributed by atoms with Crippen LogP contribution < -0.4 is 15.4 Å². The minimum absolute atomic E-state index is 0. The van der Waals surface area contributed by atoms with E-state index in [1.54, 1.807) is 19.2 Å². The summed E-state index contributed by atoms with van der Waals surface area (Å²) in [6.45, 7) is 6.97. The van der Waals surface area contributed by atoms with Crippen molar-refractivity contribution in [3.8, 4) is 5.75 Å². The molecule has 8 heteroatoms. The molecular weight excluding hydrogens is 510 g/mol. The van der Waals surface area contributed by atoms with Gasteiger partial charge >= 0.3 is 0 Å². The molecule has 170 valence electrons. The van der Waals surface area contributed by atoms with Gasteiger partial charge in [-0.05, 0) is 42.3 Å². The van der Waals surface area contributed by atoms with Crippen LogP contribution in [0.5, 0.6) is 5.75 Å². The molecule has 0 spiro atoms. The van der Waals surface area contributed by atoms with Crippen LogP contribution in [0, 0.1) is 5.82 Å². The predicted octanol–water partition coefficient (Wildman–Crippen LogP) is 3.58. The van der Waals surface area contributed by atoms with Crippen LogP contribution in [-0.4, -0.2) is 57.4 Å². The maximum atomic E-state index is 13.9. The number of ether oxygens (including phenoxy) is 2. The molecule has 6 nitrogen and oxygen atoms in total. The molecule has 0 radical (unpaired) electrons. The van der Waals surface area contributed by atoms with Crippen molar-refractivity contribution in [1.82, 2.24) is 15.5 Å². The molecule has 3 rings (SSSR count). The molecule has 0 bridgehead atoms. The van der Waals surface area contributed by atoms with Crippen molar-refractivity contribution in [3.05, 3.63) is 65.5 Å². The third kappa shape index (κ3) is 7.93. The molecule has 1 unspecified atom stereocenters. The number of benzene rings is 2. The molecule has 1 aliphatic rings. The fourth-order valence-corrected chi connectivity index (χ4v) is 3.54. The molecule has 1 aliphatic heterocycles. The first-order valence-corrected chi connectivity index (χ1v) is 10.4. The number of morpholine rings is 1. The second-order valence-corrected chi connectivity index (χ2v) is 7.15. The van der Waals surface area contributed by atoms with Gasteiger partial charge in [-0.25, -0.2) is 9.38 Å². The summed E-state index contributed by atoms with van der Waals surface area (Å²) in [7, 11) is 1.66. The molecule has 1 fully saturated rings. The fraction of sp³-hybridized carbons (Fsp3) is 0.435. The summed E-state index contributed by atoms with van der Waals surface area (Å²) < 4.78 is 24.7. The summed E-state index contributed by atoms with van der Waals surface area (Å²) in [4.78, 5) is 7.04. The standard InChI is InChI=1S/C23H31FN4O2.HI/c1-3-25-23(26-16-18-6-4-9-21(14-18)29-2)27-17-22(28-10-12-30-13-11-28)19-7-5-8-20(24)15-19;/h4-9,14-15,22H,3,10-13,16-17H2,1-2H3,(H2,25,26,27);1H. The molecular formula is C23H32FIN4O2. The zero-order chi connectivity index (χ0) is 21.2. The molecule has 0 amide bonds. The number of nitrogens with one attached hydrogen (secondary N) is 2. The van der Waals surface area contributed by atoms with E-state index in [0.29, 0.717) is 26.3 Å². The summed E-state index contributed by atoms with van der Waals surface area (Å²) in [6, 6.07) is 14.8. The first kappa shape index (κ1) is 25.4. The summed E-state index contributed by atoms with van der Waals surface area (Å²) in [5, 5.41) is 6.73. The topological polar surface area (TPSA) is 58.1 Å². The molecule has 0 saturated carbocycles. The Balaban J connectivity index is 0.00000341. The average Bonchev–Trinajstić information content (AvgIpc) is 2.78. The van der Waals surface area contributed by atoms with E-state index < -0.39 is 0 Å². The first-order valence-electron chi connectivity index (χ1n) is 10.4. The highest BCUT2D eigenvalue weighted by atomic mass is 127. The van der Waals surface area contributed by atoms with Gasteiger partial charge in [-0.2, -0.15) is 0 Å². The van der Waals surface area contributed by atoms with Crippen LogP contribution in [0.1, 0.15) is 24.1 Å². The van der Waals surface area contributed by atoms with Crippen LogP contribution in [0.25, 0.3) is 0 Å². The summed E-state index contributed by atoms with van der Waals surface area (Å²) in [5.74, 6) is 1.33. The van der Waals surface area contributed by atoms with Gasteiger partial charge in [0.15, 0.2) is 5.96 Å². The Morgan fingerprint density at radius 1 is 1.16 bits per heavy atom. The fourth-order valence-electron chi connectivity index (χ4n) is 3.54. The lowest BCUT2D eigenvalue weighted by molar-refractivity contribution is 0.0169. The van der Waals surface area contributed by atoms with Crippen molar-refractivity contribution in [2.24, 2.45) is 4.99 Å². The third-order valence-corrected chi connectivity index (χ3v) is 5.08. The van der Waals surface area contributed by atoms with Crippen molar-refractivity contribution in [1.29, 1.82) is 0 Å². The van der Waals surface area contributed by atoms with Crippen molar-refractivity contribution >= 4 is 29.9 Å². The molecule has 0 aromatic heterocycles. The van der Waals surface area contributed by atoms with Gasteiger partial charge in [-0.15, -0.1) is 24.0 Å². The zero-order valence-electron chi connectivity index (χ0n) is 18.1. The van der Waals surface area contributed by atoms with Gasteiger partial charge in [0.25, 0.3) is 0 Å². The van der Waals surface area contributed by atoms with Crippen molar-refractivity contribution < 1.29 is 13.9 Å². The number of nitrogens with zero attached hydrogens (tertiary/aromatic N) is 2. The van der Waals surface area contributed by atoms with Crippen LogP contribution in [-0.2, 0) is 11.3 Å². The lowest BCUT2D eigenvalue weighted by atomic mass is 10.0. The Labute approximate surface area is 201 Å². The second-order valence-electron chi connectivity index (χ2n) is 7.15. The maximum Gasteiger partial charge on any atom is 0.191 e. The van der Waals surface area contributed by atoms with E-state index in [2.05, 4.69) is 15.5 Å². The van der Waals surface area contributed by atoms with E-state index in [0.717, 1.165) is 42.5 Å². The second kappa shape index (κ2) is 13.5. The number of hydrogen-bond donors (Lipinski definition) is 2. The minimum Gasteiger partial charge on any atom is -0.497 e. The number of halogens is 2. The molecule has 1 atom stereocenters. The largest absolute Gasteiger partial charge is 0.497 e. The molecule has 31 heavy (non-hydrogen) atoms. The molecule has 1 heterocycles. The lowest BCUT2D eigenvalue weighted by Gasteiger charge is -2.35. The summed E-state index contributed by atoms with van der Waals surface area (Å²) in [5.41, 5.74) is 2.02. The Morgan fingerprint density at radius 2 is 1.94 bits per heavy atom. The number of methoxy groups -OCH3 is 1. The highest BCUT2D eigenvalue weighted by Gasteiger charge is 2.23. The van der Waals surface area contributed by atoms with Gasteiger partial charge in [0.05, 0.1) is 32.9 Å². The number of rotatable bonds is 8. The summed E-state index contributed by atoms with van der Waals surface area (Å²) >= 11 is 0. The number of guanidine groups is 1.